The second-order valence-electron chi connectivity index (χ2n) is 18.7. The lowest BCUT2D eigenvalue weighted by Crippen LogP contribution is -2.40. The molecular formula is C56H109N3O6. The zero-order valence-electron chi connectivity index (χ0n) is 44.7. The number of nitrogens with one attached hydrogen (secondary N) is 1. The maximum atomic E-state index is 12.3. The Labute approximate surface area is 402 Å². The molecule has 0 radical (unpaired) electrons. The van der Waals surface area contributed by atoms with Crippen LogP contribution in [0.15, 0.2) is 9.59 Å². The summed E-state index contributed by atoms with van der Waals surface area (Å²) in [4.78, 5) is 50.8. The molecule has 0 heterocycles. The largest absolute Gasteiger partial charge is 0.462 e. The van der Waals surface area contributed by atoms with E-state index in [2.05, 4.69) is 37.9 Å². The van der Waals surface area contributed by atoms with Crippen molar-refractivity contribution in [3.8, 4) is 0 Å². The molecule has 1 atom stereocenters. The smallest absolute Gasteiger partial charge is 0.306 e. The van der Waals surface area contributed by atoms with Crippen molar-refractivity contribution in [3.05, 3.63) is 20.4 Å². The highest BCUT2D eigenvalue weighted by Crippen LogP contribution is 2.19. The van der Waals surface area contributed by atoms with E-state index >= 15 is 0 Å². The molecule has 0 amide bonds. The SMILES string of the molecule is CC.CCCCCCCCC(CC)OC(=O)CCCCCCCN(CCCCCCCC=O)CCCNc1c(N(C)C)c(=O)c1=O.CCCCCCCCC(CCCCCCCC)OC. The van der Waals surface area contributed by atoms with Gasteiger partial charge >= 0.3 is 5.97 Å². The number of hydrogen-bond donors (Lipinski definition) is 1. The molecule has 1 aromatic rings. The quantitative estimate of drug-likeness (QED) is 0.0296. The van der Waals surface area contributed by atoms with Crippen molar-refractivity contribution in [1.82, 2.24) is 4.90 Å². The normalized spacial score (nSPS) is 11.6. The first-order valence-electron chi connectivity index (χ1n) is 27.8. The Kier molecular flexibility index (Phi) is 49.5. The molecule has 0 bridgehead atoms. The van der Waals surface area contributed by atoms with Gasteiger partial charge in [0.15, 0.2) is 0 Å². The summed E-state index contributed by atoms with van der Waals surface area (Å²) in [5.41, 5.74) is 0.117. The van der Waals surface area contributed by atoms with E-state index in [-0.39, 0.29) is 12.1 Å². The molecular weight excluding hydrogens is 811 g/mol. The van der Waals surface area contributed by atoms with Gasteiger partial charge in [0.2, 0.25) is 0 Å². The van der Waals surface area contributed by atoms with Gasteiger partial charge in [-0.25, -0.2) is 0 Å². The van der Waals surface area contributed by atoms with Gasteiger partial charge in [-0.05, 0) is 83.8 Å². The first kappa shape index (κ1) is 64.8. The number of carbonyl (C=O) groups is 2. The van der Waals surface area contributed by atoms with E-state index in [0.717, 1.165) is 103 Å². The van der Waals surface area contributed by atoms with Gasteiger partial charge in [0.05, 0.1) is 6.10 Å². The lowest BCUT2D eigenvalue weighted by atomic mass is 10.0. The van der Waals surface area contributed by atoms with Gasteiger partial charge in [0, 0.05) is 40.6 Å². The van der Waals surface area contributed by atoms with Crippen LogP contribution in [0.3, 0.4) is 0 Å². The molecule has 384 valence electrons. The summed E-state index contributed by atoms with van der Waals surface area (Å²) in [6.07, 6.45) is 43.4. The standard InChI is InChI=1S/C36H65N3O5.C18H38O.C2H6/c1-5-7-8-9-13-18-24-31(6-2)44-32(41)25-19-14-12-16-21-28-39(27-20-15-10-11-17-22-30-40)29-23-26-37-33-34(38(3)4)36(43)35(33)42;1-4-6-8-10-12-14-16-18(19-3)17-15-13-11-9-7-5-2;1-2/h30-31,37H,5-29H2,1-4H3;18H,4-17H2,1-3H3;1-2H3. The molecule has 1 N–H and O–H groups in total. The monoisotopic (exact) mass is 920 g/mol. The molecule has 0 aromatic heterocycles. The summed E-state index contributed by atoms with van der Waals surface area (Å²) < 4.78 is 11.4. The highest BCUT2D eigenvalue weighted by molar-refractivity contribution is 5.74. The van der Waals surface area contributed by atoms with E-state index in [1.807, 2.05) is 21.0 Å². The van der Waals surface area contributed by atoms with E-state index < -0.39 is 10.9 Å². The van der Waals surface area contributed by atoms with Crippen LogP contribution in [0.2, 0.25) is 0 Å². The number of rotatable bonds is 46. The summed E-state index contributed by atoms with van der Waals surface area (Å²) >= 11 is 0. The predicted molar refractivity (Wildman–Crippen MR) is 283 cm³/mol. The Morgan fingerprint density at radius 2 is 0.969 bits per heavy atom. The zero-order valence-corrected chi connectivity index (χ0v) is 44.7. The summed E-state index contributed by atoms with van der Waals surface area (Å²) in [6, 6.07) is 0. The average molecular weight is 921 g/mol. The lowest BCUT2D eigenvalue weighted by Gasteiger charge is -2.23. The van der Waals surface area contributed by atoms with Gasteiger partial charge in [-0.15, -0.1) is 0 Å². The van der Waals surface area contributed by atoms with E-state index in [0.29, 0.717) is 36.9 Å². The van der Waals surface area contributed by atoms with Crippen molar-refractivity contribution in [2.75, 3.05) is 57.6 Å². The predicted octanol–water partition coefficient (Wildman–Crippen LogP) is 14.9. The zero-order chi connectivity index (χ0) is 48.6. The third-order valence-electron chi connectivity index (χ3n) is 12.7. The number of nitrogens with zero attached hydrogens (tertiary/aromatic N) is 2. The number of esters is 1. The lowest BCUT2D eigenvalue weighted by molar-refractivity contribution is -0.149. The van der Waals surface area contributed by atoms with Crippen LogP contribution in [0.25, 0.3) is 0 Å². The number of ether oxygens (including phenoxy) is 2. The van der Waals surface area contributed by atoms with Crippen molar-refractivity contribution in [2.45, 2.75) is 278 Å². The van der Waals surface area contributed by atoms with Gasteiger partial charge in [0.25, 0.3) is 10.9 Å². The molecule has 0 saturated heterocycles. The minimum atomic E-state index is -0.410. The van der Waals surface area contributed by atoms with Gasteiger partial charge in [0.1, 0.15) is 23.8 Å². The number of unbranched alkanes of at least 4 members (excludes halogenated alkanes) is 24. The van der Waals surface area contributed by atoms with Gasteiger partial charge in [-0.2, -0.15) is 0 Å². The second-order valence-corrected chi connectivity index (χ2v) is 18.7. The Bertz CT molecular complexity index is 1220. The molecule has 0 aliphatic heterocycles. The Balaban J connectivity index is 0. The Morgan fingerprint density at radius 3 is 1.42 bits per heavy atom. The maximum absolute atomic E-state index is 12.3. The average Bonchev–Trinajstić information content (AvgIpc) is 3.31. The van der Waals surface area contributed by atoms with Crippen molar-refractivity contribution in [3.63, 3.8) is 0 Å². The van der Waals surface area contributed by atoms with Crippen LogP contribution < -0.4 is 21.1 Å². The fourth-order valence-electron chi connectivity index (χ4n) is 8.48. The van der Waals surface area contributed by atoms with Crippen LogP contribution in [-0.4, -0.2) is 76.7 Å². The number of methoxy groups -OCH3 is 1. The third kappa shape index (κ3) is 38.4. The number of aldehydes is 1. The molecule has 1 aromatic carbocycles. The van der Waals surface area contributed by atoms with Gasteiger partial charge in [-0.3, -0.25) is 14.4 Å². The third-order valence-corrected chi connectivity index (χ3v) is 12.7. The summed E-state index contributed by atoms with van der Waals surface area (Å²) in [5, 5.41) is 3.19. The van der Waals surface area contributed by atoms with Crippen molar-refractivity contribution >= 4 is 23.6 Å². The first-order valence-corrected chi connectivity index (χ1v) is 27.8. The molecule has 0 spiro atoms. The van der Waals surface area contributed by atoms with E-state index in [4.69, 9.17) is 9.47 Å². The van der Waals surface area contributed by atoms with E-state index in [1.54, 1.807) is 19.0 Å². The van der Waals surface area contributed by atoms with Gasteiger partial charge in [-0.1, -0.05) is 189 Å². The van der Waals surface area contributed by atoms with Crippen LogP contribution in [-0.2, 0) is 19.1 Å². The highest BCUT2D eigenvalue weighted by Gasteiger charge is 2.22. The minimum absolute atomic E-state index is 0.0322. The van der Waals surface area contributed by atoms with E-state index in [1.165, 1.54) is 135 Å². The second kappa shape index (κ2) is 49.6. The number of carbonyl (C=O) groups excluding carboxylic acids is 2. The fraction of sp³-hybridized carbons (Fsp3) is 0.893. The molecule has 9 heteroatoms. The van der Waals surface area contributed by atoms with Crippen LogP contribution in [0, 0.1) is 0 Å². The fourth-order valence-corrected chi connectivity index (χ4v) is 8.48. The van der Waals surface area contributed by atoms with Gasteiger partial charge < -0.3 is 29.4 Å². The van der Waals surface area contributed by atoms with Crippen molar-refractivity contribution in [2.24, 2.45) is 0 Å². The molecule has 0 fully saturated rings. The molecule has 0 aliphatic rings. The molecule has 0 saturated carbocycles. The Hall–Kier alpha value is -2.26. The maximum Gasteiger partial charge on any atom is 0.306 e. The molecule has 1 rings (SSSR count). The summed E-state index contributed by atoms with van der Waals surface area (Å²) in [5.74, 6) is -0.0322. The van der Waals surface area contributed by atoms with E-state index in [9.17, 15) is 19.2 Å². The van der Waals surface area contributed by atoms with Crippen molar-refractivity contribution < 1.29 is 19.1 Å². The van der Waals surface area contributed by atoms with Crippen LogP contribution >= 0.6 is 0 Å². The number of anilines is 2. The molecule has 9 nitrogen and oxygen atoms in total. The topological polar surface area (TPSA) is 105 Å². The minimum Gasteiger partial charge on any atom is -0.462 e. The molecule has 1 unspecified atom stereocenters. The van der Waals surface area contributed by atoms with Crippen LogP contribution in [0.4, 0.5) is 11.4 Å². The number of hydrogen-bond acceptors (Lipinski definition) is 9. The summed E-state index contributed by atoms with van der Waals surface area (Å²) in [6.45, 7) is 16.6. The van der Waals surface area contributed by atoms with Crippen molar-refractivity contribution in [1.29, 1.82) is 0 Å². The van der Waals surface area contributed by atoms with Crippen LogP contribution in [0.5, 0.6) is 0 Å². The summed E-state index contributed by atoms with van der Waals surface area (Å²) in [7, 11) is 5.46. The molecule has 0 aliphatic carbocycles. The van der Waals surface area contributed by atoms with Crippen LogP contribution in [0.1, 0.15) is 266 Å². The first-order chi connectivity index (χ1) is 31.7. The highest BCUT2D eigenvalue weighted by atomic mass is 16.5. The Morgan fingerprint density at radius 1 is 0.554 bits per heavy atom. The molecule has 65 heavy (non-hydrogen) atoms.